The van der Waals surface area contributed by atoms with Gasteiger partial charge in [-0.2, -0.15) is 5.10 Å². The minimum absolute atomic E-state index is 0.00372. The first-order valence-corrected chi connectivity index (χ1v) is 6.69. The highest BCUT2D eigenvalue weighted by Gasteiger charge is 2.26. The first-order valence-electron chi connectivity index (χ1n) is 6.69. The molecule has 102 valence electrons. The standard InChI is InChI=1S/C12H17N5O2/c13-16-14-7-10-9-4-6-18-8-11(9)17(15-10)12-3-1-2-5-19-12/h12H,1-8H2. The Morgan fingerprint density at radius 3 is 3.16 bits per heavy atom. The molecule has 2 aliphatic rings. The molecule has 7 heteroatoms. The Hall–Kier alpha value is -1.56. The highest BCUT2D eigenvalue weighted by molar-refractivity contribution is 5.28. The predicted octanol–water partition coefficient (Wildman–Crippen LogP) is 2.47. The van der Waals surface area contributed by atoms with Gasteiger partial charge in [-0.15, -0.1) is 0 Å². The molecule has 0 N–H and O–H groups in total. The van der Waals surface area contributed by atoms with Crippen molar-refractivity contribution in [3.8, 4) is 0 Å². The van der Waals surface area contributed by atoms with Crippen molar-refractivity contribution in [2.75, 3.05) is 13.2 Å². The second kappa shape index (κ2) is 5.61. The van der Waals surface area contributed by atoms with Gasteiger partial charge in [-0.05, 0) is 31.2 Å². The van der Waals surface area contributed by atoms with E-state index in [1.165, 1.54) is 5.56 Å². The summed E-state index contributed by atoms with van der Waals surface area (Å²) < 4.78 is 13.3. The second-order valence-corrected chi connectivity index (χ2v) is 4.83. The van der Waals surface area contributed by atoms with Gasteiger partial charge in [0, 0.05) is 17.1 Å². The third kappa shape index (κ3) is 2.45. The van der Waals surface area contributed by atoms with Crippen LogP contribution in [0.3, 0.4) is 0 Å². The van der Waals surface area contributed by atoms with Crippen LogP contribution >= 0.6 is 0 Å². The molecule has 1 aromatic rings. The molecular formula is C12H17N5O2. The summed E-state index contributed by atoms with van der Waals surface area (Å²) in [5.74, 6) is 0. The third-order valence-electron chi connectivity index (χ3n) is 3.65. The van der Waals surface area contributed by atoms with E-state index < -0.39 is 0 Å². The molecule has 19 heavy (non-hydrogen) atoms. The second-order valence-electron chi connectivity index (χ2n) is 4.83. The van der Waals surface area contributed by atoms with Gasteiger partial charge in [0.05, 0.1) is 31.1 Å². The topological polar surface area (TPSA) is 85.0 Å². The van der Waals surface area contributed by atoms with E-state index in [0.717, 1.165) is 43.7 Å². The van der Waals surface area contributed by atoms with Gasteiger partial charge in [-0.25, -0.2) is 4.68 Å². The first-order chi connectivity index (χ1) is 9.40. The summed E-state index contributed by atoms with van der Waals surface area (Å²) >= 11 is 0. The van der Waals surface area contributed by atoms with Gasteiger partial charge in [-0.3, -0.25) is 0 Å². The van der Waals surface area contributed by atoms with Gasteiger partial charge in [0.1, 0.15) is 0 Å². The SMILES string of the molecule is [N-]=[N+]=NCc1nn(C2CCCCO2)c2c1CCOC2. The van der Waals surface area contributed by atoms with Crippen molar-refractivity contribution in [3.63, 3.8) is 0 Å². The highest BCUT2D eigenvalue weighted by Crippen LogP contribution is 2.29. The van der Waals surface area contributed by atoms with Crippen LogP contribution in [0.15, 0.2) is 5.11 Å². The molecule has 1 atom stereocenters. The predicted molar refractivity (Wildman–Crippen MR) is 67.3 cm³/mol. The molecule has 0 spiro atoms. The zero-order valence-electron chi connectivity index (χ0n) is 10.8. The number of nitrogens with zero attached hydrogens (tertiary/aromatic N) is 5. The molecule has 3 heterocycles. The molecule has 1 fully saturated rings. The summed E-state index contributed by atoms with van der Waals surface area (Å²) in [5.41, 5.74) is 11.6. The Balaban J connectivity index is 1.93. The van der Waals surface area contributed by atoms with Gasteiger partial charge in [0.25, 0.3) is 0 Å². The molecule has 0 aromatic carbocycles. The van der Waals surface area contributed by atoms with Crippen LogP contribution in [0, 0.1) is 0 Å². The van der Waals surface area contributed by atoms with E-state index >= 15 is 0 Å². The average molecular weight is 263 g/mol. The van der Waals surface area contributed by atoms with Crippen molar-refractivity contribution in [3.05, 3.63) is 27.4 Å². The van der Waals surface area contributed by atoms with Crippen LogP contribution in [-0.2, 0) is 29.0 Å². The zero-order valence-corrected chi connectivity index (χ0v) is 10.8. The summed E-state index contributed by atoms with van der Waals surface area (Å²) in [6, 6.07) is 0. The number of ether oxygens (including phenoxy) is 2. The lowest BCUT2D eigenvalue weighted by molar-refractivity contribution is -0.0449. The Labute approximate surface area is 111 Å². The number of rotatable bonds is 3. The van der Waals surface area contributed by atoms with Crippen LogP contribution in [-0.4, -0.2) is 23.0 Å². The van der Waals surface area contributed by atoms with Crippen LogP contribution in [0.4, 0.5) is 0 Å². The molecule has 1 saturated heterocycles. The van der Waals surface area contributed by atoms with E-state index in [4.69, 9.17) is 15.0 Å². The molecule has 1 aromatic heterocycles. The Morgan fingerprint density at radius 2 is 2.37 bits per heavy atom. The van der Waals surface area contributed by atoms with Crippen LogP contribution in [0.25, 0.3) is 10.4 Å². The zero-order chi connectivity index (χ0) is 13.1. The minimum atomic E-state index is 0.00372. The lowest BCUT2D eigenvalue weighted by Crippen LogP contribution is -2.23. The summed E-state index contributed by atoms with van der Waals surface area (Å²) in [5, 5.41) is 8.23. The largest absolute Gasteiger partial charge is 0.375 e. The summed E-state index contributed by atoms with van der Waals surface area (Å²) in [6.07, 6.45) is 4.09. The first kappa shape index (κ1) is 12.5. The van der Waals surface area contributed by atoms with Gasteiger partial charge >= 0.3 is 0 Å². The smallest absolute Gasteiger partial charge is 0.150 e. The van der Waals surface area contributed by atoms with Gasteiger partial charge in [0.2, 0.25) is 0 Å². The van der Waals surface area contributed by atoms with Crippen LogP contribution in [0.1, 0.15) is 42.4 Å². The number of hydrogen-bond donors (Lipinski definition) is 0. The number of hydrogen-bond acceptors (Lipinski definition) is 4. The molecule has 3 rings (SSSR count). The fraction of sp³-hybridized carbons (Fsp3) is 0.750. The fourth-order valence-corrected chi connectivity index (χ4v) is 2.72. The Kier molecular flexibility index (Phi) is 3.68. The van der Waals surface area contributed by atoms with E-state index in [1.807, 2.05) is 4.68 Å². The summed E-state index contributed by atoms with van der Waals surface area (Å²) in [4.78, 5) is 2.81. The number of fused-ring (bicyclic) bond motifs is 1. The number of azide groups is 1. The minimum Gasteiger partial charge on any atom is -0.375 e. The Bertz CT molecular complexity index is 500. The van der Waals surface area contributed by atoms with E-state index in [2.05, 4.69) is 15.1 Å². The summed E-state index contributed by atoms with van der Waals surface area (Å²) in [6.45, 7) is 2.36. The molecule has 0 bridgehead atoms. The van der Waals surface area contributed by atoms with Crippen molar-refractivity contribution in [2.45, 2.75) is 45.1 Å². The maximum absolute atomic E-state index is 8.46. The quantitative estimate of drug-likeness (QED) is 0.477. The van der Waals surface area contributed by atoms with Crippen molar-refractivity contribution < 1.29 is 9.47 Å². The highest BCUT2D eigenvalue weighted by atomic mass is 16.5. The van der Waals surface area contributed by atoms with Crippen molar-refractivity contribution >= 4 is 0 Å². The maximum Gasteiger partial charge on any atom is 0.150 e. The summed E-state index contributed by atoms with van der Waals surface area (Å²) in [7, 11) is 0. The molecule has 0 saturated carbocycles. The van der Waals surface area contributed by atoms with Crippen LogP contribution in [0.2, 0.25) is 0 Å². The normalized spacial score (nSPS) is 22.6. The fourth-order valence-electron chi connectivity index (χ4n) is 2.72. The van der Waals surface area contributed by atoms with Gasteiger partial charge in [-0.1, -0.05) is 5.11 Å². The molecule has 0 amide bonds. The molecule has 1 unspecified atom stereocenters. The van der Waals surface area contributed by atoms with E-state index in [9.17, 15) is 0 Å². The van der Waals surface area contributed by atoms with Gasteiger partial charge < -0.3 is 9.47 Å². The Morgan fingerprint density at radius 1 is 1.42 bits per heavy atom. The molecule has 0 aliphatic carbocycles. The maximum atomic E-state index is 8.46. The van der Waals surface area contributed by atoms with E-state index in [0.29, 0.717) is 19.8 Å². The lowest BCUT2D eigenvalue weighted by atomic mass is 10.1. The molecular weight excluding hydrogens is 246 g/mol. The van der Waals surface area contributed by atoms with Crippen LogP contribution < -0.4 is 0 Å². The monoisotopic (exact) mass is 263 g/mol. The van der Waals surface area contributed by atoms with Crippen molar-refractivity contribution in [2.24, 2.45) is 5.11 Å². The lowest BCUT2D eigenvalue weighted by Gasteiger charge is -2.25. The van der Waals surface area contributed by atoms with Crippen LogP contribution in [0.5, 0.6) is 0 Å². The molecule has 7 nitrogen and oxygen atoms in total. The van der Waals surface area contributed by atoms with E-state index in [1.54, 1.807) is 0 Å². The molecule has 2 aliphatic heterocycles. The van der Waals surface area contributed by atoms with Gasteiger partial charge in [0.15, 0.2) is 6.23 Å². The van der Waals surface area contributed by atoms with Crippen molar-refractivity contribution in [1.82, 2.24) is 9.78 Å². The molecule has 0 radical (unpaired) electrons. The van der Waals surface area contributed by atoms with Crippen molar-refractivity contribution in [1.29, 1.82) is 0 Å². The number of aromatic nitrogens is 2. The average Bonchev–Trinajstić information content (AvgIpc) is 2.85. The third-order valence-corrected chi connectivity index (χ3v) is 3.65. The van der Waals surface area contributed by atoms with E-state index in [-0.39, 0.29) is 6.23 Å².